The molecule has 3 rings (SSSR count). The van der Waals surface area contributed by atoms with Gasteiger partial charge in [0.15, 0.2) is 11.6 Å². The van der Waals surface area contributed by atoms with Gasteiger partial charge < -0.3 is 14.2 Å². The molecule has 6 heteroatoms. The quantitative estimate of drug-likeness (QED) is 0.0713. The van der Waals surface area contributed by atoms with E-state index >= 15 is 0 Å². The second-order valence-corrected chi connectivity index (χ2v) is 11.6. The van der Waals surface area contributed by atoms with E-state index in [1.54, 1.807) is 24.3 Å². The van der Waals surface area contributed by atoms with E-state index in [0.717, 1.165) is 25.2 Å². The lowest BCUT2D eigenvalue weighted by molar-refractivity contribution is 0.0728. The summed E-state index contributed by atoms with van der Waals surface area (Å²) < 4.78 is 45.7. The Hall–Kier alpha value is -2.89. The highest BCUT2D eigenvalue weighted by Gasteiger charge is 2.21. The monoisotopic (exact) mass is 584 g/mol. The van der Waals surface area contributed by atoms with Gasteiger partial charge in [-0.15, -0.1) is 0 Å². The second kappa shape index (κ2) is 19.3. The van der Waals surface area contributed by atoms with Crippen LogP contribution in [0.2, 0.25) is 0 Å². The number of halogens is 2. The topological polar surface area (TPSA) is 44.8 Å². The van der Waals surface area contributed by atoms with E-state index in [1.165, 1.54) is 89.2 Å². The normalized spacial score (nSPS) is 17.0. The molecule has 2 aromatic carbocycles. The molecule has 0 N–H and O–H groups in total. The summed E-state index contributed by atoms with van der Waals surface area (Å²) in [5.41, 5.74) is -0.476. The van der Waals surface area contributed by atoms with Crippen LogP contribution in [-0.2, 0) is 0 Å². The third kappa shape index (κ3) is 11.8. The summed E-state index contributed by atoms with van der Waals surface area (Å²) in [7, 11) is 0. The molecule has 1 aliphatic rings. The fourth-order valence-corrected chi connectivity index (χ4v) is 5.55. The lowest BCUT2D eigenvalue weighted by Crippen LogP contribution is -2.13. The van der Waals surface area contributed by atoms with Crippen LogP contribution in [0.15, 0.2) is 48.6 Å². The van der Waals surface area contributed by atoms with Crippen LogP contribution in [0.25, 0.3) is 0 Å². The molecule has 0 heterocycles. The van der Waals surface area contributed by atoms with Crippen LogP contribution in [-0.4, -0.2) is 19.2 Å². The van der Waals surface area contributed by atoms with Crippen molar-refractivity contribution >= 4 is 5.97 Å². The van der Waals surface area contributed by atoms with E-state index in [4.69, 9.17) is 14.2 Å². The molecule has 2 aromatic rings. The minimum atomic E-state index is -1.27. The van der Waals surface area contributed by atoms with Gasteiger partial charge in [0.1, 0.15) is 18.1 Å². The summed E-state index contributed by atoms with van der Waals surface area (Å²) in [6, 6.07) is 9.00. The minimum absolute atomic E-state index is 0.194. The molecule has 0 spiro atoms. The number of allylic oxidation sites excluding steroid dienone is 1. The van der Waals surface area contributed by atoms with Gasteiger partial charge >= 0.3 is 5.97 Å². The smallest absolute Gasteiger partial charge is 0.346 e. The molecule has 0 unspecified atom stereocenters. The number of carbonyl (C=O) groups is 1. The molecular weight excluding hydrogens is 534 g/mol. The first-order valence-electron chi connectivity index (χ1n) is 16.2. The molecule has 0 saturated heterocycles. The number of rotatable bonds is 19. The minimum Gasteiger partial charge on any atom is -0.490 e. The van der Waals surface area contributed by atoms with Crippen molar-refractivity contribution in [1.29, 1.82) is 0 Å². The Kier molecular flexibility index (Phi) is 15.5. The van der Waals surface area contributed by atoms with Crippen LogP contribution in [0, 0.1) is 23.5 Å². The molecule has 0 atom stereocenters. The van der Waals surface area contributed by atoms with Gasteiger partial charge in [-0.2, -0.15) is 4.39 Å². The highest BCUT2D eigenvalue weighted by Crippen LogP contribution is 2.32. The molecule has 0 bridgehead atoms. The highest BCUT2D eigenvalue weighted by molar-refractivity contribution is 5.91. The summed E-state index contributed by atoms with van der Waals surface area (Å²) in [5, 5.41) is 0. The number of ether oxygens (including phenoxy) is 3. The van der Waals surface area contributed by atoms with Crippen molar-refractivity contribution in [1.82, 2.24) is 0 Å². The predicted molar refractivity (Wildman–Crippen MR) is 165 cm³/mol. The van der Waals surface area contributed by atoms with E-state index < -0.39 is 23.2 Å². The zero-order valence-corrected chi connectivity index (χ0v) is 25.7. The van der Waals surface area contributed by atoms with Crippen molar-refractivity contribution in [3.8, 4) is 17.2 Å². The largest absolute Gasteiger partial charge is 0.490 e. The fraction of sp³-hybridized carbons (Fsp3) is 0.583. The van der Waals surface area contributed by atoms with Gasteiger partial charge in [0, 0.05) is 0 Å². The Morgan fingerprint density at radius 2 is 1.40 bits per heavy atom. The average molecular weight is 585 g/mol. The van der Waals surface area contributed by atoms with Crippen molar-refractivity contribution in [2.45, 2.75) is 110 Å². The summed E-state index contributed by atoms with van der Waals surface area (Å²) in [6.45, 7) is 5.21. The zero-order chi connectivity index (χ0) is 30.0. The van der Waals surface area contributed by atoms with E-state index in [2.05, 4.69) is 26.0 Å². The number of esters is 1. The zero-order valence-electron chi connectivity index (χ0n) is 25.7. The molecule has 232 valence electrons. The van der Waals surface area contributed by atoms with Gasteiger partial charge in [-0.25, -0.2) is 9.18 Å². The van der Waals surface area contributed by atoms with E-state index in [9.17, 15) is 13.6 Å². The molecule has 4 nitrogen and oxygen atoms in total. The van der Waals surface area contributed by atoms with Gasteiger partial charge in [-0.1, -0.05) is 90.2 Å². The van der Waals surface area contributed by atoms with Crippen molar-refractivity contribution in [3.05, 3.63) is 65.7 Å². The van der Waals surface area contributed by atoms with E-state index in [-0.39, 0.29) is 11.5 Å². The van der Waals surface area contributed by atoms with Gasteiger partial charge in [0.2, 0.25) is 5.82 Å². The third-order valence-corrected chi connectivity index (χ3v) is 8.17. The van der Waals surface area contributed by atoms with Crippen molar-refractivity contribution < 1.29 is 27.8 Å². The van der Waals surface area contributed by atoms with Crippen molar-refractivity contribution in [2.24, 2.45) is 11.8 Å². The standard InChI is InChI=1S/C36H50F2O4/c1-3-5-7-8-9-10-12-26-41-33-25-24-32(34(37)35(33)38)36(39)42-31-22-20-30(21-23-31)40-27-13-15-29-18-16-28(17-19-29)14-11-6-4-2/h13,15,20-25,28-29H,3-12,14,16-19,26-27H2,1-2H3/b15-13+/t28-,29-. The number of hydrogen-bond acceptors (Lipinski definition) is 4. The SMILES string of the molecule is CCCCCCCCCOc1ccc(C(=O)Oc2ccc(OC/C=C/[C@H]3CC[C@H](CCCCC)CC3)cc2)c(F)c1F. The fourth-order valence-electron chi connectivity index (χ4n) is 5.55. The van der Waals surface area contributed by atoms with Gasteiger partial charge in [-0.3, -0.25) is 0 Å². The Bertz CT molecular complexity index is 1070. The number of benzene rings is 2. The number of unbranched alkanes of at least 4 members (excludes halogenated alkanes) is 8. The van der Waals surface area contributed by atoms with Crippen LogP contribution in [0.1, 0.15) is 121 Å². The predicted octanol–water partition coefficient (Wildman–Crippen LogP) is 10.6. The lowest BCUT2D eigenvalue weighted by Gasteiger charge is -2.26. The van der Waals surface area contributed by atoms with Crippen LogP contribution in [0.3, 0.4) is 0 Å². The van der Waals surface area contributed by atoms with Gasteiger partial charge in [0.25, 0.3) is 0 Å². The molecular formula is C36H50F2O4. The molecule has 1 fully saturated rings. The third-order valence-electron chi connectivity index (χ3n) is 8.17. The van der Waals surface area contributed by atoms with Crippen molar-refractivity contribution in [3.63, 3.8) is 0 Å². The van der Waals surface area contributed by atoms with Crippen LogP contribution in [0.4, 0.5) is 8.78 Å². The molecule has 0 aliphatic heterocycles. The first-order chi connectivity index (χ1) is 20.5. The summed E-state index contributed by atoms with van der Waals surface area (Å²) in [6.07, 6.45) is 22.6. The van der Waals surface area contributed by atoms with Gasteiger partial charge in [-0.05, 0) is 80.3 Å². The van der Waals surface area contributed by atoms with Crippen LogP contribution < -0.4 is 14.2 Å². The number of carbonyl (C=O) groups excluding carboxylic acids is 1. The average Bonchev–Trinajstić information content (AvgIpc) is 3.00. The molecule has 42 heavy (non-hydrogen) atoms. The van der Waals surface area contributed by atoms with Crippen LogP contribution in [0.5, 0.6) is 17.2 Å². The first kappa shape index (κ1) is 33.6. The molecule has 0 aromatic heterocycles. The maximum atomic E-state index is 14.6. The highest BCUT2D eigenvalue weighted by atomic mass is 19.2. The Morgan fingerprint density at radius 1 is 0.762 bits per heavy atom. The van der Waals surface area contributed by atoms with Crippen molar-refractivity contribution in [2.75, 3.05) is 13.2 Å². The lowest BCUT2D eigenvalue weighted by atomic mass is 9.79. The maximum Gasteiger partial charge on any atom is 0.346 e. The summed E-state index contributed by atoms with van der Waals surface area (Å²) in [4.78, 5) is 12.5. The van der Waals surface area contributed by atoms with E-state index in [0.29, 0.717) is 24.9 Å². The van der Waals surface area contributed by atoms with E-state index in [1.807, 2.05) is 0 Å². The first-order valence-corrected chi connectivity index (χ1v) is 16.2. The number of hydrogen-bond donors (Lipinski definition) is 0. The van der Waals surface area contributed by atoms with Gasteiger partial charge in [0.05, 0.1) is 12.2 Å². The Morgan fingerprint density at radius 3 is 2.12 bits per heavy atom. The Labute approximate surface area is 251 Å². The maximum absolute atomic E-state index is 14.6. The van der Waals surface area contributed by atoms with Crippen LogP contribution >= 0.6 is 0 Å². The summed E-state index contributed by atoms with van der Waals surface area (Å²) in [5.74, 6) is -1.22. The summed E-state index contributed by atoms with van der Waals surface area (Å²) >= 11 is 0. The molecule has 0 radical (unpaired) electrons. The second-order valence-electron chi connectivity index (χ2n) is 11.6. The molecule has 0 amide bonds. The molecule has 1 aliphatic carbocycles. The Balaban J connectivity index is 1.37. The molecule has 1 saturated carbocycles.